The lowest BCUT2D eigenvalue weighted by Gasteiger charge is -2.16. The minimum atomic E-state index is -0.0575. The quantitative estimate of drug-likeness (QED) is 0.330. The van der Waals surface area contributed by atoms with Gasteiger partial charge >= 0.3 is 0 Å². The molecular weight excluding hydrogens is 386 g/mol. The Morgan fingerprint density at radius 1 is 1.03 bits per heavy atom. The van der Waals surface area contributed by atoms with Crippen molar-refractivity contribution in [2.75, 3.05) is 19.6 Å². The van der Waals surface area contributed by atoms with Crippen LogP contribution in [-0.2, 0) is 0 Å². The zero-order chi connectivity index (χ0) is 21.4. The number of ketones is 1. The van der Waals surface area contributed by atoms with E-state index in [-0.39, 0.29) is 11.2 Å². The number of fused-ring (bicyclic) bond motifs is 2. The largest absolute Gasteiger partial charge is 0.464 e. The summed E-state index contributed by atoms with van der Waals surface area (Å²) < 4.78 is 5.48. The van der Waals surface area contributed by atoms with Crippen LogP contribution in [0, 0.1) is 6.92 Å². The van der Waals surface area contributed by atoms with Crippen molar-refractivity contribution in [2.45, 2.75) is 25.7 Å². The Morgan fingerprint density at radius 2 is 1.87 bits per heavy atom. The van der Waals surface area contributed by atoms with E-state index in [0.29, 0.717) is 28.9 Å². The van der Waals surface area contributed by atoms with E-state index in [9.17, 15) is 9.59 Å². The van der Waals surface area contributed by atoms with Crippen molar-refractivity contribution in [3.63, 3.8) is 0 Å². The van der Waals surface area contributed by atoms with Crippen molar-refractivity contribution in [3.8, 4) is 0 Å². The van der Waals surface area contributed by atoms with Crippen molar-refractivity contribution >= 4 is 27.5 Å². The minimum absolute atomic E-state index is 0.0575. The first kappa shape index (κ1) is 19.7. The molecule has 1 aromatic heterocycles. The van der Waals surface area contributed by atoms with E-state index in [1.807, 2.05) is 30.3 Å². The zero-order valence-corrected chi connectivity index (χ0v) is 17.6. The Labute approximate surface area is 181 Å². The Bertz CT molecular complexity index is 1320. The monoisotopic (exact) mass is 411 g/mol. The maximum absolute atomic E-state index is 12.9. The van der Waals surface area contributed by atoms with E-state index in [1.54, 1.807) is 0 Å². The van der Waals surface area contributed by atoms with Gasteiger partial charge in [-0.15, -0.1) is 0 Å². The summed E-state index contributed by atoms with van der Waals surface area (Å²) >= 11 is 0. The van der Waals surface area contributed by atoms with Gasteiger partial charge in [0, 0.05) is 31.1 Å². The van der Waals surface area contributed by atoms with Crippen LogP contribution >= 0.6 is 0 Å². The second-order valence-corrected chi connectivity index (χ2v) is 8.57. The van der Waals surface area contributed by atoms with E-state index >= 15 is 0 Å². The maximum atomic E-state index is 12.9. The highest BCUT2D eigenvalue weighted by atomic mass is 16.3. The van der Waals surface area contributed by atoms with Crippen LogP contribution in [0.5, 0.6) is 0 Å². The molecule has 4 heteroatoms. The van der Waals surface area contributed by atoms with Crippen LogP contribution < -0.4 is 5.43 Å². The van der Waals surface area contributed by atoms with Gasteiger partial charge in [0.2, 0.25) is 0 Å². The summed E-state index contributed by atoms with van der Waals surface area (Å²) in [5.74, 6) is 0.703. The number of rotatable bonds is 5. The van der Waals surface area contributed by atoms with Gasteiger partial charge in [-0.2, -0.15) is 0 Å². The smallest absolute Gasteiger partial charge is 0.192 e. The van der Waals surface area contributed by atoms with E-state index in [2.05, 4.69) is 36.1 Å². The van der Waals surface area contributed by atoms with Crippen LogP contribution in [0.4, 0.5) is 0 Å². The van der Waals surface area contributed by atoms with Crippen molar-refractivity contribution in [3.05, 3.63) is 93.8 Å². The number of likely N-dealkylation sites (tertiary alicyclic amines) is 1. The maximum Gasteiger partial charge on any atom is 0.192 e. The fourth-order valence-electron chi connectivity index (χ4n) is 4.55. The zero-order valence-electron chi connectivity index (χ0n) is 17.6. The van der Waals surface area contributed by atoms with E-state index in [4.69, 9.17) is 4.42 Å². The van der Waals surface area contributed by atoms with Crippen LogP contribution in [0.3, 0.4) is 0 Å². The van der Waals surface area contributed by atoms with Crippen LogP contribution in [0.2, 0.25) is 0 Å². The molecular formula is C27H25NO3. The Morgan fingerprint density at radius 3 is 2.71 bits per heavy atom. The average Bonchev–Trinajstić information content (AvgIpc) is 3.26. The number of aryl methyl sites for hydroxylation is 1. The average molecular weight is 412 g/mol. The van der Waals surface area contributed by atoms with Gasteiger partial charge in [-0.1, -0.05) is 42.0 Å². The molecule has 0 spiro atoms. The lowest BCUT2D eigenvalue weighted by atomic mass is 9.97. The van der Waals surface area contributed by atoms with Gasteiger partial charge in [0.05, 0.1) is 11.6 Å². The van der Waals surface area contributed by atoms with E-state index in [0.717, 1.165) is 36.8 Å². The molecule has 0 radical (unpaired) electrons. The second kappa shape index (κ2) is 8.12. The molecule has 0 saturated carbocycles. The van der Waals surface area contributed by atoms with Gasteiger partial charge < -0.3 is 9.32 Å². The molecule has 1 fully saturated rings. The lowest BCUT2D eigenvalue weighted by Crippen LogP contribution is -2.23. The predicted molar refractivity (Wildman–Crippen MR) is 124 cm³/mol. The highest BCUT2D eigenvalue weighted by Gasteiger charge is 2.24. The molecule has 0 N–H and O–H groups in total. The third-order valence-corrected chi connectivity index (χ3v) is 6.42. The van der Waals surface area contributed by atoms with Crippen molar-refractivity contribution < 1.29 is 9.21 Å². The molecule has 156 valence electrons. The first-order chi connectivity index (χ1) is 15.1. The Kier molecular flexibility index (Phi) is 5.16. The van der Waals surface area contributed by atoms with Gasteiger partial charge in [-0.3, -0.25) is 9.59 Å². The third kappa shape index (κ3) is 4.04. The summed E-state index contributed by atoms with van der Waals surface area (Å²) in [6.45, 7) is 4.95. The van der Waals surface area contributed by atoms with Crippen molar-refractivity contribution in [2.24, 2.45) is 0 Å². The summed E-state index contributed by atoms with van der Waals surface area (Å²) in [5.41, 5.74) is 3.88. The molecule has 1 atom stereocenters. The van der Waals surface area contributed by atoms with Crippen LogP contribution in [-0.4, -0.2) is 30.3 Å². The number of hydrogen-bond acceptors (Lipinski definition) is 4. The van der Waals surface area contributed by atoms with E-state index < -0.39 is 0 Å². The number of Topliss-reactive ketones (excluding diaryl/α,β-unsaturated/α-hetero) is 1. The second-order valence-electron chi connectivity index (χ2n) is 8.57. The molecule has 1 saturated heterocycles. The van der Waals surface area contributed by atoms with Gasteiger partial charge in [0.25, 0.3) is 0 Å². The molecule has 4 nitrogen and oxygen atoms in total. The van der Waals surface area contributed by atoms with Crippen LogP contribution in [0.25, 0.3) is 21.7 Å². The molecule has 0 bridgehead atoms. The predicted octanol–water partition coefficient (Wildman–Crippen LogP) is 5.32. The molecule has 5 rings (SSSR count). The number of benzene rings is 3. The van der Waals surface area contributed by atoms with Crippen LogP contribution in [0.15, 0.2) is 76.1 Å². The molecule has 4 aromatic rings. The molecule has 1 aliphatic heterocycles. The number of carbonyl (C=O) groups excluding carboxylic acids is 1. The third-order valence-electron chi connectivity index (χ3n) is 6.42. The molecule has 1 unspecified atom stereocenters. The summed E-state index contributed by atoms with van der Waals surface area (Å²) in [4.78, 5) is 27.3. The van der Waals surface area contributed by atoms with Crippen molar-refractivity contribution in [1.29, 1.82) is 0 Å². The summed E-state index contributed by atoms with van der Waals surface area (Å²) in [6, 6.07) is 19.6. The molecule has 3 aromatic carbocycles. The SMILES string of the molecule is Cc1ccc(C2CCN(CCC(=O)c3ccc4cc5c(=O)ccoc5cc4c3)C2)cc1. The highest BCUT2D eigenvalue weighted by molar-refractivity contribution is 6.02. The number of hydrogen-bond donors (Lipinski definition) is 0. The molecule has 0 aliphatic carbocycles. The normalized spacial score (nSPS) is 16.9. The number of nitrogens with zero attached hydrogens (tertiary/aromatic N) is 1. The molecule has 31 heavy (non-hydrogen) atoms. The molecule has 1 aliphatic rings. The topological polar surface area (TPSA) is 50.5 Å². The molecule has 0 amide bonds. The van der Waals surface area contributed by atoms with Gasteiger partial charge in [-0.25, -0.2) is 0 Å². The Balaban J connectivity index is 1.26. The minimum Gasteiger partial charge on any atom is -0.464 e. The fraction of sp³-hybridized carbons (Fsp3) is 0.259. The van der Waals surface area contributed by atoms with Gasteiger partial charge in [-0.05, 0) is 60.3 Å². The van der Waals surface area contributed by atoms with Crippen molar-refractivity contribution in [1.82, 2.24) is 4.90 Å². The van der Waals surface area contributed by atoms with E-state index in [1.165, 1.54) is 23.5 Å². The standard InChI is InChI=1S/C27H25NO3/c1-18-2-4-19(5-3-18)22-8-11-28(17-22)12-9-25(29)21-7-6-20-15-24-26(30)10-13-31-27(24)16-23(20)14-21/h2-7,10,13-16,22H,8-9,11-12,17H2,1H3. The first-order valence-corrected chi connectivity index (χ1v) is 10.8. The van der Waals surface area contributed by atoms with Crippen LogP contribution in [0.1, 0.15) is 40.2 Å². The summed E-state index contributed by atoms with van der Waals surface area (Å²) in [7, 11) is 0. The first-order valence-electron chi connectivity index (χ1n) is 10.8. The molecule has 2 heterocycles. The highest BCUT2D eigenvalue weighted by Crippen LogP contribution is 2.28. The Hall–Kier alpha value is -3.24. The fourth-order valence-corrected chi connectivity index (χ4v) is 4.55. The lowest BCUT2D eigenvalue weighted by molar-refractivity contribution is 0.0969. The summed E-state index contributed by atoms with van der Waals surface area (Å²) in [6.07, 6.45) is 3.06. The number of carbonyl (C=O) groups is 1. The van der Waals surface area contributed by atoms with Gasteiger partial charge in [0.1, 0.15) is 5.58 Å². The van der Waals surface area contributed by atoms with Gasteiger partial charge in [0.15, 0.2) is 11.2 Å². The summed E-state index contributed by atoms with van der Waals surface area (Å²) in [5, 5.41) is 2.41.